The minimum atomic E-state index is -0.104. The van der Waals surface area contributed by atoms with Gasteiger partial charge in [-0.15, -0.1) is 11.3 Å². The monoisotopic (exact) mass is 380 g/mol. The number of thiophene rings is 1. The number of aromatic nitrogens is 2. The number of aryl methyl sites for hydroxylation is 1. The van der Waals surface area contributed by atoms with Crippen LogP contribution < -0.4 is 10.6 Å². The molecule has 2 aromatic rings. The third-order valence-electron chi connectivity index (χ3n) is 3.97. The van der Waals surface area contributed by atoms with Gasteiger partial charge in [-0.3, -0.25) is 4.79 Å². The van der Waals surface area contributed by atoms with Gasteiger partial charge in [-0.2, -0.15) is 0 Å². The fourth-order valence-electron chi connectivity index (χ4n) is 2.59. The van der Waals surface area contributed by atoms with Crippen molar-refractivity contribution in [1.29, 1.82) is 0 Å². The number of nitrogens with one attached hydrogen (secondary N) is 2. The highest BCUT2D eigenvalue weighted by Crippen LogP contribution is 2.33. The zero-order chi connectivity index (χ0) is 19.1. The summed E-state index contributed by atoms with van der Waals surface area (Å²) >= 11 is 1.38. The van der Waals surface area contributed by atoms with Crippen molar-refractivity contribution >= 4 is 33.3 Å². The molecule has 2 aromatic heterocycles. The molecule has 0 aliphatic rings. The van der Waals surface area contributed by atoms with Gasteiger partial charge in [-0.05, 0) is 32.8 Å². The Kier molecular flexibility index (Phi) is 7.74. The summed E-state index contributed by atoms with van der Waals surface area (Å²) in [5.74, 6) is 0.641. The van der Waals surface area contributed by atoms with E-state index in [1.165, 1.54) is 17.7 Å². The van der Waals surface area contributed by atoms with Gasteiger partial charge in [0.05, 0.1) is 35.6 Å². The Labute approximate surface area is 158 Å². The van der Waals surface area contributed by atoms with Crippen LogP contribution in [-0.4, -0.2) is 54.9 Å². The van der Waals surface area contributed by atoms with E-state index in [9.17, 15) is 4.79 Å². The first kappa shape index (κ1) is 20.5. The molecular weight excluding hydrogens is 352 g/mol. The highest BCUT2D eigenvalue weighted by molar-refractivity contribution is 7.20. The Morgan fingerprint density at radius 3 is 2.77 bits per heavy atom. The Morgan fingerprint density at radius 2 is 2.12 bits per heavy atom. The lowest BCUT2D eigenvalue weighted by atomic mass is 10.1. The quantitative estimate of drug-likeness (QED) is 0.617. The number of hydrogen-bond acceptors (Lipinski definition) is 7. The zero-order valence-electron chi connectivity index (χ0n) is 16.1. The van der Waals surface area contributed by atoms with E-state index in [0.29, 0.717) is 24.6 Å². The maximum Gasteiger partial charge on any atom is 0.261 e. The molecule has 2 heterocycles. The molecule has 144 valence electrons. The fraction of sp³-hybridized carbons (Fsp3) is 0.611. The van der Waals surface area contributed by atoms with Gasteiger partial charge in [0, 0.05) is 13.7 Å². The van der Waals surface area contributed by atoms with Gasteiger partial charge in [0.25, 0.3) is 5.91 Å². The van der Waals surface area contributed by atoms with Crippen LogP contribution in [0.1, 0.15) is 42.4 Å². The van der Waals surface area contributed by atoms with Gasteiger partial charge in [0.15, 0.2) is 0 Å². The Balaban J connectivity index is 2.18. The maximum atomic E-state index is 12.5. The molecule has 0 fully saturated rings. The van der Waals surface area contributed by atoms with Crippen LogP contribution in [0.15, 0.2) is 6.33 Å². The molecule has 0 aliphatic carbocycles. The predicted octanol–water partition coefficient (Wildman–Crippen LogP) is 2.99. The van der Waals surface area contributed by atoms with Crippen molar-refractivity contribution in [2.45, 2.75) is 46.3 Å². The molecule has 0 radical (unpaired) electrons. The molecule has 0 aromatic carbocycles. The fourth-order valence-corrected chi connectivity index (χ4v) is 3.66. The molecule has 0 bridgehead atoms. The molecule has 2 N–H and O–H groups in total. The van der Waals surface area contributed by atoms with E-state index in [0.717, 1.165) is 28.0 Å². The van der Waals surface area contributed by atoms with Crippen molar-refractivity contribution in [3.05, 3.63) is 16.8 Å². The van der Waals surface area contributed by atoms with Gasteiger partial charge in [0.2, 0.25) is 0 Å². The lowest BCUT2D eigenvalue weighted by molar-refractivity contribution is 0.0748. The number of methoxy groups -OCH3 is 1. The number of rotatable bonds is 10. The van der Waals surface area contributed by atoms with E-state index in [1.807, 2.05) is 20.8 Å². The topological polar surface area (TPSA) is 85.4 Å². The first-order valence-electron chi connectivity index (χ1n) is 8.87. The SMILES string of the molecule is CCC(COC)Nc1ncnc2sc(C(=O)NCCOC(C)C)c(C)c12. The second-order valence-corrected chi connectivity index (χ2v) is 7.34. The van der Waals surface area contributed by atoms with E-state index in [4.69, 9.17) is 9.47 Å². The lowest BCUT2D eigenvalue weighted by Crippen LogP contribution is -2.27. The van der Waals surface area contributed by atoms with Crippen LogP contribution >= 0.6 is 11.3 Å². The molecule has 7 nitrogen and oxygen atoms in total. The van der Waals surface area contributed by atoms with Gasteiger partial charge in [-0.1, -0.05) is 6.92 Å². The number of ether oxygens (including phenoxy) is 2. The van der Waals surface area contributed by atoms with Crippen molar-refractivity contribution in [3.63, 3.8) is 0 Å². The molecule has 0 aliphatic heterocycles. The molecule has 0 saturated carbocycles. The maximum absolute atomic E-state index is 12.5. The smallest absolute Gasteiger partial charge is 0.261 e. The van der Waals surface area contributed by atoms with E-state index in [-0.39, 0.29) is 18.1 Å². The van der Waals surface area contributed by atoms with Gasteiger partial charge in [-0.25, -0.2) is 9.97 Å². The van der Waals surface area contributed by atoms with E-state index >= 15 is 0 Å². The van der Waals surface area contributed by atoms with Crippen molar-refractivity contribution in [1.82, 2.24) is 15.3 Å². The Bertz CT molecular complexity index is 733. The number of carbonyl (C=O) groups is 1. The van der Waals surface area contributed by atoms with Crippen molar-refractivity contribution in [3.8, 4) is 0 Å². The number of nitrogens with zero attached hydrogens (tertiary/aromatic N) is 2. The van der Waals surface area contributed by atoms with Crippen LogP contribution in [0.25, 0.3) is 10.2 Å². The summed E-state index contributed by atoms with van der Waals surface area (Å²) < 4.78 is 10.7. The summed E-state index contributed by atoms with van der Waals surface area (Å²) in [5, 5.41) is 7.21. The molecule has 1 amide bonds. The van der Waals surface area contributed by atoms with E-state index in [1.54, 1.807) is 7.11 Å². The average molecular weight is 381 g/mol. The predicted molar refractivity (Wildman–Crippen MR) is 105 cm³/mol. The van der Waals surface area contributed by atoms with Crippen LogP contribution in [0.3, 0.4) is 0 Å². The summed E-state index contributed by atoms with van der Waals surface area (Å²) in [6.45, 7) is 9.53. The third kappa shape index (κ3) is 5.12. The summed E-state index contributed by atoms with van der Waals surface area (Å²) in [5.41, 5.74) is 0.891. The lowest BCUT2D eigenvalue weighted by Gasteiger charge is -2.17. The highest BCUT2D eigenvalue weighted by Gasteiger charge is 2.20. The Morgan fingerprint density at radius 1 is 1.35 bits per heavy atom. The number of amides is 1. The normalized spacial score (nSPS) is 12.5. The van der Waals surface area contributed by atoms with Crippen LogP contribution in [0.2, 0.25) is 0 Å². The number of hydrogen-bond donors (Lipinski definition) is 2. The molecule has 2 rings (SSSR count). The third-order valence-corrected chi connectivity index (χ3v) is 5.17. The highest BCUT2D eigenvalue weighted by atomic mass is 32.1. The summed E-state index contributed by atoms with van der Waals surface area (Å²) in [6, 6.07) is 0.155. The van der Waals surface area contributed by atoms with Gasteiger partial charge >= 0.3 is 0 Å². The molecule has 1 atom stereocenters. The van der Waals surface area contributed by atoms with Crippen molar-refractivity contribution in [2.75, 3.05) is 32.2 Å². The van der Waals surface area contributed by atoms with Crippen LogP contribution in [-0.2, 0) is 9.47 Å². The summed E-state index contributed by atoms with van der Waals surface area (Å²) in [6.07, 6.45) is 2.59. The molecule has 8 heteroatoms. The summed E-state index contributed by atoms with van der Waals surface area (Å²) in [7, 11) is 1.68. The standard InChI is InChI=1S/C18H28N4O3S/c1-6-13(9-24-5)22-16-14-12(4)15(26-18(14)21-10-20-16)17(23)19-7-8-25-11(2)3/h10-11,13H,6-9H2,1-5H3,(H,19,23)(H,20,21,22). The molecular formula is C18H28N4O3S. The number of fused-ring (bicyclic) bond motifs is 1. The zero-order valence-corrected chi connectivity index (χ0v) is 16.9. The second kappa shape index (κ2) is 9.80. The minimum absolute atomic E-state index is 0.104. The molecule has 0 spiro atoms. The number of anilines is 1. The molecule has 0 saturated heterocycles. The second-order valence-electron chi connectivity index (χ2n) is 6.34. The van der Waals surface area contributed by atoms with E-state index < -0.39 is 0 Å². The van der Waals surface area contributed by atoms with Crippen molar-refractivity contribution < 1.29 is 14.3 Å². The largest absolute Gasteiger partial charge is 0.383 e. The van der Waals surface area contributed by atoms with E-state index in [2.05, 4.69) is 27.5 Å². The molecule has 26 heavy (non-hydrogen) atoms. The first-order valence-corrected chi connectivity index (χ1v) is 9.68. The average Bonchev–Trinajstić information content (AvgIpc) is 2.96. The number of carbonyl (C=O) groups excluding carboxylic acids is 1. The van der Waals surface area contributed by atoms with Crippen LogP contribution in [0.4, 0.5) is 5.82 Å². The minimum Gasteiger partial charge on any atom is -0.383 e. The Hall–Kier alpha value is -1.77. The van der Waals surface area contributed by atoms with Gasteiger partial charge in [0.1, 0.15) is 17.0 Å². The van der Waals surface area contributed by atoms with Crippen LogP contribution in [0.5, 0.6) is 0 Å². The van der Waals surface area contributed by atoms with Gasteiger partial charge < -0.3 is 20.1 Å². The molecule has 1 unspecified atom stereocenters. The first-order chi connectivity index (χ1) is 12.5. The van der Waals surface area contributed by atoms with Crippen LogP contribution in [0, 0.1) is 6.92 Å². The summed E-state index contributed by atoms with van der Waals surface area (Å²) in [4.78, 5) is 22.7. The van der Waals surface area contributed by atoms with Crippen molar-refractivity contribution in [2.24, 2.45) is 0 Å².